The molecule has 318 valence electrons. The smallest absolute Gasteiger partial charge is 0.271 e. The summed E-state index contributed by atoms with van der Waals surface area (Å²) in [5, 5.41) is 15.0. The number of methoxy groups -OCH3 is 1. The van der Waals surface area contributed by atoms with Crippen molar-refractivity contribution < 1.29 is 43.1 Å². The van der Waals surface area contributed by atoms with Crippen molar-refractivity contribution in [3.05, 3.63) is 28.2 Å². The van der Waals surface area contributed by atoms with E-state index in [9.17, 15) is 38.4 Å². The van der Waals surface area contributed by atoms with Crippen LogP contribution in [0.15, 0.2) is 17.5 Å². The summed E-state index contributed by atoms with van der Waals surface area (Å²) in [6.07, 6.45) is 4.98. The fourth-order valence-corrected chi connectivity index (χ4v) is 6.72. The monoisotopic (exact) mass is 819 g/mol. The lowest BCUT2D eigenvalue weighted by atomic mass is 9.95. The van der Waals surface area contributed by atoms with Crippen molar-refractivity contribution in [2.24, 2.45) is 17.6 Å². The van der Waals surface area contributed by atoms with E-state index in [1.54, 1.807) is 24.4 Å². The summed E-state index contributed by atoms with van der Waals surface area (Å²) in [7, 11) is 3.36. The van der Waals surface area contributed by atoms with Crippen LogP contribution in [0, 0.1) is 11.8 Å². The van der Waals surface area contributed by atoms with Crippen LogP contribution < -0.4 is 32.3 Å². The number of imide groups is 1. The van der Waals surface area contributed by atoms with Gasteiger partial charge in [0, 0.05) is 76.6 Å². The Morgan fingerprint density at radius 3 is 2.21 bits per heavy atom. The molecule has 18 nitrogen and oxygen atoms in total. The zero-order valence-corrected chi connectivity index (χ0v) is 35.0. The highest BCUT2D eigenvalue weighted by atomic mass is 32.1. The number of carbonyl (C=O) groups excluding carboxylic acids is 8. The predicted molar refractivity (Wildman–Crippen MR) is 213 cm³/mol. The summed E-state index contributed by atoms with van der Waals surface area (Å²) < 4.78 is 5.76. The number of ether oxygens (including phenoxy) is 1. The summed E-state index contributed by atoms with van der Waals surface area (Å²) in [4.78, 5) is 107. The van der Waals surface area contributed by atoms with Crippen LogP contribution in [0.3, 0.4) is 0 Å². The van der Waals surface area contributed by atoms with Gasteiger partial charge in [0.15, 0.2) is 0 Å². The molecule has 0 aromatic carbocycles. The predicted octanol–water partition coefficient (Wildman–Crippen LogP) is 0.536. The number of nitrogens with two attached hydrogens (primary N) is 1. The Hall–Kier alpha value is -4.75. The number of nitrogens with zero attached hydrogens (tertiary/aromatic N) is 3. The Balaban J connectivity index is 1.86. The van der Waals surface area contributed by atoms with E-state index in [0.717, 1.165) is 23.5 Å². The minimum atomic E-state index is -1.03. The van der Waals surface area contributed by atoms with E-state index in [0.29, 0.717) is 37.2 Å². The standard InChI is InChI=1S/C38H61N9O9S/c1-8-24(4)19-34(52)46(6)28(23(2)3)20-29(56-7)38-45-27(22-57-38)37(55)43-25(5)35(53)42-21-31(49)44-26(11-9-10-15-39)36(54)41-17-16-40-30(48)14-18-47-32(50)12-13-33(47)51/h12-13,22-26,28-29H,8-11,14-21,39H2,1-7H3,(H,40,48)(H,41,54)(H,42,53)(H,43,55)(H,44,49)/t24-,25?,26?,28?,29?/m0/s1. The molecule has 0 radical (unpaired) electrons. The largest absolute Gasteiger partial charge is 0.374 e. The first-order valence-corrected chi connectivity index (χ1v) is 20.3. The first-order valence-electron chi connectivity index (χ1n) is 19.4. The molecule has 0 aliphatic carbocycles. The second-order valence-electron chi connectivity index (χ2n) is 14.4. The quantitative estimate of drug-likeness (QED) is 0.0556. The number of thiazole rings is 1. The van der Waals surface area contributed by atoms with Gasteiger partial charge in [-0.1, -0.05) is 34.1 Å². The van der Waals surface area contributed by atoms with Crippen LogP contribution in [0.5, 0.6) is 0 Å². The second kappa shape index (κ2) is 24.8. The van der Waals surface area contributed by atoms with Gasteiger partial charge in [-0.3, -0.25) is 43.3 Å². The summed E-state index contributed by atoms with van der Waals surface area (Å²) >= 11 is 1.24. The van der Waals surface area contributed by atoms with Crippen molar-refractivity contribution in [1.29, 1.82) is 0 Å². The molecule has 0 bridgehead atoms. The molecule has 0 saturated carbocycles. The Bertz CT molecular complexity index is 1570. The van der Waals surface area contributed by atoms with E-state index in [1.807, 2.05) is 13.8 Å². The average molecular weight is 820 g/mol. The Labute approximate surface area is 338 Å². The van der Waals surface area contributed by atoms with Crippen molar-refractivity contribution in [3.8, 4) is 0 Å². The fraction of sp³-hybridized carbons (Fsp3) is 0.658. The van der Waals surface area contributed by atoms with Gasteiger partial charge in [-0.15, -0.1) is 11.3 Å². The SMILES string of the molecule is CC[C@H](C)CC(=O)N(C)C(CC(OC)c1nc(C(=O)NC(C)C(=O)NCC(=O)NC(CCCCN)C(=O)NCCNC(=O)CCN2C(=O)C=CC2=O)cs1)C(C)C. The summed E-state index contributed by atoms with van der Waals surface area (Å²) in [5.74, 6) is -3.26. The number of nitrogens with one attached hydrogen (secondary N) is 5. The van der Waals surface area contributed by atoms with Crippen molar-refractivity contribution in [3.63, 3.8) is 0 Å². The molecule has 1 aromatic rings. The van der Waals surface area contributed by atoms with Crippen LogP contribution in [-0.2, 0) is 38.3 Å². The zero-order chi connectivity index (χ0) is 42.7. The third-order valence-corrected chi connectivity index (χ3v) is 10.6. The van der Waals surface area contributed by atoms with E-state index in [2.05, 4.69) is 45.4 Å². The van der Waals surface area contributed by atoms with Crippen LogP contribution in [0.25, 0.3) is 0 Å². The van der Waals surface area contributed by atoms with E-state index in [-0.39, 0.29) is 62.0 Å². The minimum absolute atomic E-state index is 0.0485. The van der Waals surface area contributed by atoms with Crippen LogP contribution in [0.1, 0.15) is 101 Å². The Morgan fingerprint density at radius 1 is 0.930 bits per heavy atom. The van der Waals surface area contributed by atoms with Crippen molar-refractivity contribution in [2.45, 2.75) is 104 Å². The molecule has 0 spiro atoms. The van der Waals surface area contributed by atoms with Gasteiger partial charge < -0.3 is 42.0 Å². The summed E-state index contributed by atoms with van der Waals surface area (Å²) in [6.45, 7) is 9.63. The maximum Gasteiger partial charge on any atom is 0.271 e. The molecule has 1 aliphatic heterocycles. The summed E-state index contributed by atoms with van der Waals surface area (Å²) in [6, 6.07) is -2.09. The van der Waals surface area contributed by atoms with E-state index < -0.39 is 66.1 Å². The van der Waals surface area contributed by atoms with Crippen molar-refractivity contribution in [1.82, 2.24) is 41.4 Å². The molecular weight excluding hydrogens is 759 g/mol. The zero-order valence-electron chi connectivity index (χ0n) is 34.2. The Kier molecular flexibility index (Phi) is 21.0. The molecule has 19 heteroatoms. The maximum absolute atomic E-state index is 13.1. The van der Waals surface area contributed by atoms with Gasteiger partial charge in [-0.2, -0.15) is 0 Å². The van der Waals surface area contributed by atoms with Gasteiger partial charge in [-0.05, 0) is 44.6 Å². The van der Waals surface area contributed by atoms with Crippen molar-refractivity contribution >= 4 is 58.6 Å². The molecule has 4 unspecified atom stereocenters. The molecule has 0 saturated heterocycles. The van der Waals surface area contributed by atoms with Crippen LogP contribution >= 0.6 is 11.3 Å². The van der Waals surface area contributed by atoms with E-state index in [1.165, 1.54) is 18.3 Å². The van der Waals surface area contributed by atoms with Crippen LogP contribution in [0.4, 0.5) is 0 Å². The van der Waals surface area contributed by atoms with Gasteiger partial charge in [-0.25, -0.2) is 4.98 Å². The fourth-order valence-electron chi connectivity index (χ4n) is 5.83. The lowest BCUT2D eigenvalue weighted by molar-refractivity contribution is -0.137. The minimum Gasteiger partial charge on any atom is -0.374 e. The molecule has 5 atom stereocenters. The number of amides is 8. The van der Waals surface area contributed by atoms with Gasteiger partial charge in [0.25, 0.3) is 17.7 Å². The third-order valence-electron chi connectivity index (χ3n) is 9.62. The Morgan fingerprint density at radius 2 is 1.60 bits per heavy atom. The summed E-state index contributed by atoms with van der Waals surface area (Å²) in [5.41, 5.74) is 5.68. The molecule has 8 amide bonds. The topological polar surface area (TPSA) is 251 Å². The first kappa shape index (κ1) is 48.4. The lowest BCUT2D eigenvalue weighted by Gasteiger charge is -2.34. The number of rotatable bonds is 26. The molecule has 57 heavy (non-hydrogen) atoms. The van der Waals surface area contributed by atoms with Crippen LogP contribution in [0.2, 0.25) is 0 Å². The van der Waals surface area contributed by atoms with Gasteiger partial charge in [0.1, 0.15) is 28.9 Å². The van der Waals surface area contributed by atoms with E-state index in [4.69, 9.17) is 10.5 Å². The second-order valence-corrected chi connectivity index (χ2v) is 15.3. The number of hydrogen-bond donors (Lipinski definition) is 6. The van der Waals surface area contributed by atoms with Crippen molar-refractivity contribution in [2.75, 3.05) is 46.9 Å². The average Bonchev–Trinajstić information content (AvgIpc) is 3.80. The van der Waals surface area contributed by atoms with Gasteiger partial charge in [0.05, 0.1) is 6.54 Å². The molecule has 2 rings (SSSR count). The highest BCUT2D eigenvalue weighted by molar-refractivity contribution is 7.09. The maximum atomic E-state index is 13.1. The first-order chi connectivity index (χ1) is 27.0. The van der Waals surface area contributed by atoms with Gasteiger partial charge >= 0.3 is 0 Å². The number of aromatic nitrogens is 1. The number of unbranched alkanes of at least 4 members (excludes halogenated alkanes) is 1. The molecule has 0 fully saturated rings. The van der Waals surface area contributed by atoms with Gasteiger partial charge in [0.2, 0.25) is 29.5 Å². The molecule has 1 aromatic heterocycles. The number of carbonyl (C=O) groups is 8. The molecule has 2 heterocycles. The lowest BCUT2D eigenvalue weighted by Crippen LogP contribution is -2.52. The molecular formula is C38H61N9O9S. The van der Waals surface area contributed by atoms with E-state index >= 15 is 0 Å². The molecule has 7 N–H and O–H groups in total. The molecule has 1 aliphatic rings. The third kappa shape index (κ3) is 16.3. The number of hydrogen-bond acceptors (Lipinski definition) is 12. The van der Waals surface area contributed by atoms with Crippen LogP contribution in [-0.4, -0.2) is 127 Å². The highest BCUT2D eigenvalue weighted by Gasteiger charge is 2.30. The normalized spacial score (nSPS) is 15.1. The highest BCUT2D eigenvalue weighted by Crippen LogP contribution is 2.30.